The number of hydrogen-bond acceptors (Lipinski definition) is 7. The highest BCUT2D eigenvalue weighted by Gasteiger charge is 2.21. The highest BCUT2D eigenvalue weighted by Crippen LogP contribution is 2.34. The lowest BCUT2D eigenvalue weighted by molar-refractivity contribution is -0.118. The number of pyridine rings is 1. The first-order chi connectivity index (χ1) is 14.0. The van der Waals surface area contributed by atoms with Gasteiger partial charge in [-0.1, -0.05) is 6.07 Å². The summed E-state index contributed by atoms with van der Waals surface area (Å²) in [6, 6.07) is 3.82. The number of nitrogens with zero attached hydrogens (tertiary/aromatic N) is 3. The zero-order chi connectivity index (χ0) is 20.4. The maximum absolute atomic E-state index is 12.5. The van der Waals surface area contributed by atoms with Crippen molar-refractivity contribution in [3.8, 4) is 0 Å². The number of amides is 1. The Morgan fingerprint density at radius 3 is 3.07 bits per heavy atom. The molecular formula is C20H23N5O2S2. The molecule has 3 aromatic heterocycles. The van der Waals surface area contributed by atoms with Gasteiger partial charge in [0.05, 0.1) is 16.9 Å². The second kappa shape index (κ2) is 8.54. The Morgan fingerprint density at radius 1 is 1.38 bits per heavy atom. The summed E-state index contributed by atoms with van der Waals surface area (Å²) < 4.78 is 0. The number of aryl methyl sites for hydroxylation is 2. The first-order valence-corrected chi connectivity index (χ1v) is 11.5. The molecule has 0 atom stereocenters. The minimum absolute atomic E-state index is 0.0535. The SMILES string of the molecule is CN(C)c1ncccc1CNC(=O)CSCc1nc2sc3c(c2c(=O)[nH]1)CCC3. The lowest BCUT2D eigenvalue weighted by Crippen LogP contribution is -2.26. The van der Waals surface area contributed by atoms with E-state index in [4.69, 9.17) is 0 Å². The van der Waals surface area contributed by atoms with E-state index in [0.29, 0.717) is 23.9 Å². The molecule has 9 heteroatoms. The maximum atomic E-state index is 12.5. The van der Waals surface area contributed by atoms with Crippen LogP contribution in [0.5, 0.6) is 0 Å². The molecule has 0 unspecified atom stereocenters. The predicted octanol–water partition coefficient (Wildman–Crippen LogP) is 2.48. The number of anilines is 1. The van der Waals surface area contributed by atoms with Crippen LogP contribution in [0.4, 0.5) is 5.82 Å². The van der Waals surface area contributed by atoms with Crippen LogP contribution in [0.1, 0.15) is 28.2 Å². The smallest absolute Gasteiger partial charge is 0.259 e. The van der Waals surface area contributed by atoms with Gasteiger partial charge < -0.3 is 15.2 Å². The molecule has 7 nitrogen and oxygen atoms in total. The summed E-state index contributed by atoms with van der Waals surface area (Å²) in [5.41, 5.74) is 2.10. The molecular weight excluding hydrogens is 406 g/mol. The summed E-state index contributed by atoms with van der Waals surface area (Å²) in [7, 11) is 3.85. The second-order valence-electron chi connectivity index (χ2n) is 7.20. The van der Waals surface area contributed by atoms with Crippen molar-refractivity contribution in [1.29, 1.82) is 0 Å². The molecule has 4 rings (SSSR count). The van der Waals surface area contributed by atoms with E-state index in [2.05, 4.69) is 20.3 Å². The first kappa shape index (κ1) is 19.9. The van der Waals surface area contributed by atoms with Crippen LogP contribution in [-0.4, -0.2) is 40.7 Å². The van der Waals surface area contributed by atoms with Gasteiger partial charge in [-0.15, -0.1) is 23.1 Å². The van der Waals surface area contributed by atoms with E-state index in [1.54, 1.807) is 17.5 Å². The molecule has 0 bridgehead atoms. The van der Waals surface area contributed by atoms with Gasteiger partial charge in [0.25, 0.3) is 5.56 Å². The monoisotopic (exact) mass is 429 g/mol. The Morgan fingerprint density at radius 2 is 2.24 bits per heavy atom. The van der Waals surface area contributed by atoms with Gasteiger partial charge in [0, 0.05) is 37.3 Å². The Bertz CT molecular complexity index is 1110. The number of thiophene rings is 1. The number of aromatic amines is 1. The fourth-order valence-electron chi connectivity index (χ4n) is 3.57. The predicted molar refractivity (Wildman–Crippen MR) is 119 cm³/mol. The largest absolute Gasteiger partial charge is 0.362 e. The zero-order valence-corrected chi connectivity index (χ0v) is 18.1. The number of carbonyl (C=O) groups excluding carboxylic acids is 1. The third-order valence-electron chi connectivity index (χ3n) is 4.86. The first-order valence-electron chi connectivity index (χ1n) is 9.52. The maximum Gasteiger partial charge on any atom is 0.259 e. The summed E-state index contributed by atoms with van der Waals surface area (Å²) in [4.78, 5) is 40.6. The number of aromatic nitrogens is 3. The van der Waals surface area contributed by atoms with Crippen LogP contribution in [0, 0.1) is 0 Å². The minimum Gasteiger partial charge on any atom is -0.362 e. The van der Waals surface area contributed by atoms with Crippen LogP contribution < -0.4 is 15.8 Å². The van der Waals surface area contributed by atoms with Crippen molar-refractivity contribution >= 4 is 45.0 Å². The van der Waals surface area contributed by atoms with E-state index in [0.717, 1.165) is 40.9 Å². The normalized spacial score (nSPS) is 12.9. The second-order valence-corrected chi connectivity index (χ2v) is 9.27. The van der Waals surface area contributed by atoms with Crippen LogP contribution in [0.15, 0.2) is 23.1 Å². The number of carbonyl (C=O) groups is 1. The van der Waals surface area contributed by atoms with Gasteiger partial charge in [-0.25, -0.2) is 9.97 Å². The summed E-state index contributed by atoms with van der Waals surface area (Å²) in [5, 5.41) is 3.70. The van der Waals surface area contributed by atoms with Crippen molar-refractivity contribution in [2.45, 2.75) is 31.6 Å². The molecule has 29 heavy (non-hydrogen) atoms. The molecule has 0 saturated heterocycles. The standard InChI is InChI=1S/C20H23N5O2S2/c1-25(2)18-12(5-4-8-21-18)9-22-16(26)11-28-10-15-23-19(27)17-13-6-3-7-14(13)29-20(17)24-15/h4-5,8H,3,6-7,9-11H2,1-2H3,(H,22,26)(H,23,24,27). The quantitative estimate of drug-likeness (QED) is 0.600. The van der Waals surface area contributed by atoms with Crippen LogP contribution in [0.25, 0.3) is 10.2 Å². The van der Waals surface area contributed by atoms with E-state index < -0.39 is 0 Å². The van der Waals surface area contributed by atoms with Crippen LogP contribution in [0.3, 0.4) is 0 Å². The summed E-state index contributed by atoms with van der Waals surface area (Å²) in [6.07, 6.45) is 4.88. The van der Waals surface area contributed by atoms with Crippen molar-refractivity contribution in [2.75, 3.05) is 24.7 Å². The topological polar surface area (TPSA) is 91.0 Å². The highest BCUT2D eigenvalue weighted by molar-refractivity contribution is 7.99. The third kappa shape index (κ3) is 4.30. The number of hydrogen-bond donors (Lipinski definition) is 2. The molecule has 152 valence electrons. The van der Waals surface area contributed by atoms with Crippen molar-refractivity contribution in [1.82, 2.24) is 20.3 Å². The molecule has 1 amide bonds. The van der Waals surface area contributed by atoms with Crippen LogP contribution in [0.2, 0.25) is 0 Å². The number of fused-ring (bicyclic) bond motifs is 3. The summed E-state index contributed by atoms with van der Waals surface area (Å²) in [6.45, 7) is 0.433. The van der Waals surface area contributed by atoms with Crippen molar-refractivity contribution < 1.29 is 4.79 Å². The average Bonchev–Trinajstić information content (AvgIpc) is 3.27. The van der Waals surface area contributed by atoms with Gasteiger partial charge in [0.2, 0.25) is 5.91 Å². The van der Waals surface area contributed by atoms with Gasteiger partial charge in [0.15, 0.2) is 0 Å². The number of H-pyrrole nitrogens is 1. The Kier molecular flexibility index (Phi) is 5.86. The third-order valence-corrected chi connectivity index (χ3v) is 6.99. The molecule has 0 spiro atoms. The number of nitrogens with one attached hydrogen (secondary N) is 2. The summed E-state index contributed by atoms with van der Waals surface area (Å²) in [5.74, 6) is 2.22. The molecule has 2 N–H and O–H groups in total. The molecule has 3 heterocycles. The van der Waals surface area contributed by atoms with Crippen LogP contribution >= 0.6 is 23.1 Å². The van der Waals surface area contributed by atoms with Gasteiger partial charge >= 0.3 is 0 Å². The Balaban J connectivity index is 1.32. The fraction of sp³-hybridized carbons (Fsp3) is 0.400. The number of rotatable bonds is 7. The zero-order valence-electron chi connectivity index (χ0n) is 16.4. The summed E-state index contributed by atoms with van der Waals surface area (Å²) >= 11 is 3.08. The molecule has 0 saturated carbocycles. The molecule has 1 aliphatic carbocycles. The molecule has 0 aromatic carbocycles. The Hall–Kier alpha value is -2.39. The lowest BCUT2D eigenvalue weighted by Gasteiger charge is -2.16. The van der Waals surface area contributed by atoms with Crippen molar-refractivity contribution in [3.63, 3.8) is 0 Å². The van der Waals surface area contributed by atoms with Gasteiger partial charge in [-0.3, -0.25) is 9.59 Å². The molecule has 0 radical (unpaired) electrons. The van der Waals surface area contributed by atoms with Crippen molar-refractivity contribution in [3.05, 3.63) is 50.5 Å². The van der Waals surface area contributed by atoms with E-state index in [1.165, 1.54) is 22.2 Å². The van der Waals surface area contributed by atoms with E-state index in [-0.39, 0.29) is 11.5 Å². The minimum atomic E-state index is -0.0536. The lowest BCUT2D eigenvalue weighted by atomic mass is 10.2. The molecule has 1 aliphatic rings. The number of thioether (sulfide) groups is 1. The van der Waals surface area contributed by atoms with Crippen LogP contribution in [-0.2, 0) is 29.9 Å². The molecule has 3 aromatic rings. The van der Waals surface area contributed by atoms with E-state index in [9.17, 15) is 9.59 Å². The Labute approximate surface area is 177 Å². The highest BCUT2D eigenvalue weighted by atomic mass is 32.2. The molecule has 0 aliphatic heterocycles. The molecule has 0 fully saturated rings. The fourth-order valence-corrected chi connectivity index (χ4v) is 5.57. The van der Waals surface area contributed by atoms with E-state index in [1.807, 2.05) is 31.1 Å². The van der Waals surface area contributed by atoms with E-state index >= 15 is 0 Å². The van der Waals surface area contributed by atoms with Gasteiger partial charge in [0.1, 0.15) is 16.5 Å². The van der Waals surface area contributed by atoms with Crippen molar-refractivity contribution in [2.24, 2.45) is 0 Å². The van der Waals surface area contributed by atoms with Gasteiger partial charge in [-0.05, 0) is 30.9 Å². The van der Waals surface area contributed by atoms with Gasteiger partial charge in [-0.2, -0.15) is 0 Å². The average molecular weight is 430 g/mol.